The lowest BCUT2D eigenvalue weighted by molar-refractivity contribution is -0.0228. The number of hydrogen-bond donors (Lipinski definition) is 3. The summed E-state index contributed by atoms with van der Waals surface area (Å²) in [6, 6.07) is 0. The summed E-state index contributed by atoms with van der Waals surface area (Å²) in [6.07, 6.45) is 7.37. The van der Waals surface area contributed by atoms with Crippen molar-refractivity contribution in [2.24, 2.45) is 11.3 Å². The van der Waals surface area contributed by atoms with Crippen LogP contribution < -0.4 is 0 Å². The molecule has 108 valence electrons. The van der Waals surface area contributed by atoms with E-state index in [1.165, 1.54) is 32.1 Å². The largest absolute Gasteiger partial charge is 0.396 e. The van der Waals surface area contributed by atoms with Gasteiger partial charge >= 0.3 is 0 Å². The van der Waals surface area contributed by atoms with Crippen LogP contribution in [0, 0.1) is 11.3 Å². The second kappa shape index (κ2) is 7.46. The Morgan fingerprint density at radius 1 is 1.06 bits per heavy atom. The minimum atomic E-state index is -0.712. The standard InChI is InChI=1S/C15H30O3/c1-15(2,11-16)10-14(18)13(17)9-8-12-6-4-3-5-7-12/h12-14,16-18H,3-11H2,1-2H3. The fraction of sp³-hybridized carbons (Fsp3) is 1.00. The minimum Gasteiger partial charge on any atom is -0.396 e. The first-order valence-electron chi connectivity index (χ1n) is 7.41. The lowest BCUT2D eigenvalue weighted by atomic mass is 9.82. The minimum absolute atomic E-state index is 0.0411. The van der Waals surface area contributed by atoms with Crippen LogP contribution in [0.25, 0.3) is 0 Å². The van der Waals surface area contributed by atoms with Gasteiger partial charge in [-0.25, -0.2) is 0 Å². The van der Waals surface area contributed by atoms with E-state index in [1.54, 1.807) is 0 Å². The molecule has 3 N–H and O–H groups in total. The normalized spacial score (nSPS) is 21.8. The summed E-state index contributed by atoms with van der Waals surface area (Å²) < 4.78 is 0. The highest BCUT2D eigenvalue weighted by Crippen LogP contribution is 2.29. The van der Waals surface area contributed by atoms with Crippen molar-refractivity contribution in [1.82, 2.24) is 0 Å². The van der Waals surface area contributed by atoms with E-state index in [2.05, 4.69) is 0 Å². The molecular formula is C15H30O3. The van der Waals surface area contributed by atoms with Gasteiger partial charge in [-0.15, -0.1) is 0 Å². The Kier molecular flexibility index (Phi) is 6.61. The van der Waals surface area contributed by atoms with Crippen LogP contribution in [0.15, 0.2) is 0 Å². The van der Waals surface area contributed by atoms with E-state index in [0.29, 0.717) is 12.8 Å². The molecular weight excluding hydrogens is 228 g/mol. The fourth-order valence-corrected chi connectivity index (χ4v) is 2.84. The van der Waals surface area contributed by atoms with Crippen LogP contribution in [0.2, 0.25) is 0 Å². The maximum atomic E-state index is 9.98. The van der Waals surface area contributed by atoms with Gasteiger partial charge < -0.3 is 15.3 Å². The number of hydrogen-bond acceptors (Lipinski definition) is 3. The summed E-state index contributed by atoms with van der Waals surface area (Å²) in [6.45, 7) is 3.85. The Labute approximate surface area is 111 Å². The highest BCUT2D eigenvalue weighted by molar-refractivity contribution is 4.78. The molecule has 0 radical (unpaired) electrons. The van der Waals surface area contributed by atoms with Gasteiger partial charge in [-0.1, -0.05) is 46.0 Å². The van der Waals surface area contributed by atoms with Gasteiger partial charge in [-0.05, 0) is 30.6 Å². The summed E-state index contributed by atoms with van der Waals surface area (Å²) in [5, 5.41) is 29.1. The van der Waals surface area contributed by atoms with Crippen molar-refractivity contribution < 1.29 is 15.3 Å². The van der Waals surface area contributed by atoms with Gasteiger partial charge in [0.25, 0.3) is 0 Å². The van der Waals surface area contributed by atoms with Crippen LogP contribution in [0.3, 0.4) is 0 Å². The second-order valence-electron chi connectivity index (χ2n) is 6.74. The van der Waals surface area contributed by atoms with Crippen LogP contribution in [0.4, 0.5) is 0 Å². The molecule has 0 aromatic rings. The molecule has 1 rings (SSSR count). The third-order valence-corrected chi connectivity index (χ3v) is 4.23. The Bertz CT molecular complexity index is 222. The molecule has 3 nitrogen and oxygen atoms in total. The van der Waals surface area contributed by atoms with Crippen LogP contribution in [-0.4, -0.2) is 34.1 Å². The van der Waals surface area contributed by atoms with Gasteiger partial charge in [0.05, 0.1) is 12.2 Å². The van der Waals surface area contributed by atoms with E-state index >= 15 is 0 Å². The van der Waals surface area contributed by atoms with Crippen LogP contribution in [-0.2, 0) is 0 Å². The van der Waals surface area contributed by atoms with E-state index in [1.807, 2.05) is 13.8 Å². The predicted octanol–water partition coefficient (Wildman–Crippen LogP) is 2.48. The molecule has 0 aromatic heterocycles. The van der Waals surface area contributed by atoms with Crippen molar-refractivity contribution >= 4 is 0 Å². The Balaban J connectivity index is 2.24. The molecule has 2 unspecified atom stereocenters. The first-order valence-corrected chi connectivity index (χ1v) is 7.41. The second-order valence-corrected chi connectivity index (χ2v) is 6.74. The van der Waals surface area contributed by atoms with Gasteiger partial charge in [0.2, 0.25) is 0 Å². The maximum Gasteiger partial charge on any atom is 0.0805 e. The zero-order valence-corrected chi connectivity index (χ0v) is 11.9. The quantitative estimate of drug-likeness (QED) is 0.657. The highest BCUT2D eigenvalue weighted by Gasteiger charge is 2.26. The molecule has 0 aliphatic heterocycles. The molecule has 0 spiro atoms. The SMILES string of the molecule is CC(C)(CO)CC(O)C(O)CCC1CCCCC1. The molecule has 1 aliphatic rings. The van der Waals surface area contributed by atoms with Crippen LogP contribution in [0.5, 0.6) is 0 Å². The molecule has 0 aromatic carbocycles. The van der Waals surface area contributed by atoms with Crippen molar-refractivity contribution in [3.05, 3.63) is 0 Å². The lowest BCUT2D eigenvalue weighted by Gasteiger charge is -2.29. The average Bonchev–Trinajstić information content (AvgIpc) is 2.36. The highest BCUT2D eigenvalue weighted by atomic mass is 16.3. The molecule has 2 atom stereocenters. The molecule has 1 saturated carbocycles. The third kappa shape index (κ3) is 5.68. The topological polar surface area (TPSA) is 60.7 Å². The van der Waals surface area contributed by atoms with Crippen LogP contribution in [0.1, 0.15) is 65.2 Å². The Morgan fingerprint density at radius 2 is 1.67 bits per heavy atom. The van der Waals surface area contributed by atoms with Crippen molar-refractivity contribution in [2.75, 3.05) is 6.61 Å². The average molecular weight is 258 g/mol. The van der Waals surface area contributed by atoms with E-state index < -0.39 is 12.2 Å². The van der Waals surface area contributed by atoms with E-state index in [4.69, 9.17) is 5.11 Å². The van der Waals surface area contributed by atoms with E-state index in [-0.39, 0.29) is 12.0 Å². The molecule has 0 saturated heterocycles. The van der Waals surface area contributed by atoms with Gasteiger partial charge in [-0.2, -0.15) is 0 Å². The molecule has 1 aliphatic carbocycles. The Hall–Kier alpha value is -0.120. The third-order valence-electron chi connectivity index (χ3n) is 4.23. The summed E-state index contributed by atoms with van der Waals surface area (Å²) in [7, 11) is 0. The van der Waals surface area contributed by atoms with Crippen molar-refractivity contribution in [3.63, 3.8) is 0 Å². The van der Waals surface area contributed by atoms with Crippen molar-refractivity contribution in [3.8, 4) is 0 Å². The fourth-order valence-electron chi connectivity index (χ4n) is 2.84. The molecule has 0 heterocycles. The summed E-state index contributed by atoms with van der Waals surface area (Å²) >= 11 is 0. The van der Waals surface area contributed by atoms with Crippen LogP contribution >= 0.6 is 0 Å². The van der Waals surface area contributed by atoms with E-state index in [9.17, 15) is 10.2 Å². The smallest absolute Gasteiger partial charge is 0.0805 e. The van der Waals surface area contributed by atoms with Gasteiger partial charge in [0, 0.05) is 6.61 Å². The van der Waals surface area contributed by atoms with Gasteiger partial charge in [0.15, 0.2) is 0 Å². The lowest BCUT2D eigenvalue weighted by Crippen LogP contribution is -2.33. The number of aliphatic hydroxyl groups is 3. The zero-order chi connectivity index (χ0) is 13.6. The summed E-state index contributed by atoms with van der Waals surface area (Å²) in [5.41, 5.74) is -0.314. The summed E-state index contributed by atoms with van der Waals surface area (Å²) in [4.78, 5) is 0. The first kappa shape index (κ1) is 15.9. The predicted molar refractivity (Wildman–Crippen MR) is 73.3 cm³/mol. The molecule has 18 heavy (non-hydrogen) atoms. The monoisotopic (exact) mass is 258 g/mol. The molecule has 3 heteroatoms. The van der Waals surface area contributed by atoms with Gasteiger partial charge in [-0.3, -0.25) is 0 Å². The van der Waals surface area contributed by atoms with Crippen molar-refractivity contribution in [1.29, 1.82) is 0 Å². The summed E-state index contributed by atoms with van der Waals surface area (Å²) in [5.74, 6) is 0.742. The van der Waals surface area contributed by atoms with Gasteiger partial charge in [0.1, 0.15) is 0 Å². The Morgan fingerprint density at radius 3 is 2.22 bits per heavy atom. The number of rotatable bonds is 7. The van der Waals surface area contributed by atoms with E-state index in [0.717, 1.165) is 12.3 Å². The maximum absolute atomic E-state index is 9.98. The number of aliphatic hydroxyl groups excluding tert-OH is 3. The zero-order valence-electron chi connectivity index (χ0n) is 11.9. The van der Waals surface area contributed by atoms with Crippen molar-refractivity contribution in [2.45, 2.75) is 77.4 Å². The molecule has 0 bridgehead atoms. The molecule has 0 amide bonds. The molecule has 1 fully saturated rings. The first-order chi connectivity index (χ1) is 8.44.